The fourth-order valence-corrected chi connectivity index (χ4v) is 2.03. The molecule has 1 heteroatoms. The average Bonchev–Trinajstić information content (AvgIpc) is 2.16. The Morgan fingerprint density at radius 2 is 2.12 bits per heavy atom. The zero-order valence-electron chi connectivity index (χ0n) is 10.8. The summed E-state index contributed by atoms with van der Waals surface area (Å²) < 4.78 is 0. The first-order valence-corrected chi connectivity index (χ1v) is 6.10. The van der Waals surface area contributed by atoms with Crippen LogP contribution in [0.4, 0.5) is 0 Å². The van der Waals surface area contributed by atoms with Crippen molar-refractivity contribution in [1.29, 1.82) is 0 Å². The maximum Gasteiger partial charge on any atom is 0.0755 e. The van der Waals surface area contributed by atoms with E-state index in [2.05, 4.69) is 45.6 Å². The fraction of sp³-hybridized carbons (Fsp3) is 0.600. The molecule has 0 heterocycles. The molecule has 0 amide bonds. The van der Waals surface area contributed by atoms with Gasteiger partial charge in [0.15, 0.2) is 0 Å². The van der Waals surface area contributed by atoms with Gasteiger partial charge in [-0.1, -0.05) is 44.2 Å². The number of hydrogen-bond donors (Lipinski definition) is 1. The van der Waals surface area contributed by atoms with Gasteiger partial charge >= 0.3 is 0 Å². The van der Waals surface area contributed by atoms with Gasteiger partial charge in [-0.05, 0) is 43.6 Å². The van der Waals surface area contributed by atoms with E-state index in [1.165, 1.54) is 5.57 Å². The maximum absolute atomic E-state index is 10.0. The molecule has 0 bridgehead atoms. The molecule has 0 aliphatic heterocycles. The summed E-state index contributed by atoms with van der Waals surface area (Å²) in [5, 5.41) is 10.0. The van der Waals surface area contributed by atoms with E-state index < -0.39 is 0 Å². The van der Waals surface area contributed by atoms with Crippen molar-refractivity contribution in [1.82, 2.24) is 0 Å². The normalized spacial score (nSPS) is 32.4. The monoisotopic (exact) mass is 220 g/mol. The van der Waals surface area contributed by atoms with E-state index >= 15 is 0 Å². The lowest BCUT2D eigenvalue weighted by molar-refractivity contribution is 0.160. The van der Waals surface area contributed by atoms with Gasteiger partial charge in [-0.15, -0.1) is 0 Å². The van der Waals surface area contributed by atoms with Crippen molar-refractivity contribution in [3.8, 4) is 0 Å². The van der Waals surface area contributed by atoms with Crippen LogP contribution in [0, 0.1) is 5.41 Å². The van der Waals surface area contributed by atoms with E-state index in [1.807, 2.05) is 0 Å². The van der Waals surface area contributed by atoms with E-state index in [9.17, 15) is 5.11 Å². The highest BCUT2D eigenvalue weighted by molar-refractivity contribution is 5.12. The summed E-state index contributed by atoms with van der Waals surface area (Å²) in [4.78, 5) is 0. The summed E-state index contributed by atoms with van der Waals surface area (Å²) in [6.07, 6.45) is 9.99. The van der Waals surface area contributed by atoms with Gasteiger partial charge in [0.25, 0.3) is 0 Å². The number of aliphatic hydroxyl groups is 1. The first-order chi connectivity index (χ1) is 7.41. The smallest absolute Gasteiger partial charge is 0.0755 e. The van der Waals surface area contributed by atoms with Crippen LogP contribution in [-0.4, -0.2) is 11.2 Å². The van der Waals surface area contributed by atoms with Gasteiger partial charge in [0.05, 0.1) is 6.10 Å². The number of hydrogen-bond acceptors (Lipinski definition) is 1. The van der Waals surface area contributed by atoms with E-state index in [4.69, 9.17) is 0 Å². The standard InChI is InChI=1S/C15H24O/c1-12-7-5-9-13(2)14(16)11-15(3,4)10-6-8-12/h6-7,10,14,16H,2,5,8-9,11H2,1,3-4H3/b10-6-,12-7-. The van der Waals surface area contributed by atoms with Gasteiger partial charge in [0.2, 0.25) is 0 Å². The average molecular weight is 220 g/mol. The lowest BCUT2D eigenvalue weighted by atomic mass is 9.84. The van der Waals surface area contributed by atoms with E-state index in [0.29, 0.717) is 0 Å². The minimum atomic E-state index is -0.369. The third kappa shape index (κ3) is 4.36. The Labute approximate surface area is 99.6 Å². The molecule has 0 saturated heterocycles. The molecule has 1 unspecified atom stereocenters. The lowest BCUT2D eigenvalue weighted by Crippen LogP contribution is -2.20. The number of aliphatic hydroxyl groups excluding tert-OH is 1. The molecule has 1 aliphatic rings. The van der Waals surface area contributed by atoms with Crippen LogP contribution in [0.25, 0.3) is 0 Å². The Hall–Kier alpha value is -0.820. The SMILES string of the molecule is C=C1CC/C=C(/C)C/C=C\C(C)(C)CC1O. The number of rotatable bonds is 0. The predicted octanol–water partition coefficient (Wildman–Crippen LogP) is 4.01. The molecule has 0 fully saturated rings. The number of allylic oxidation sites excluding steroid dienone is 4. The quantitative estimate of drug-likeness (QED) is 0.612. The Morgan fingerprint density at radius 1 is 1.44 bits per heavy atom. The maximum atomic E-state index is 10.0. The fourth-order valence-electron chi connectivity index (χ4n) is 2.03. The molecule has 0 aromatic heterocycles. The van der Waals surface area contributed by atoms with Crippen LogP contribution in [0.3, 0.4) is 0 Å². The van der Waals surface area contributed by atoms with Crippen molar-refractivity contribution in [2.75, 3.05) is 0 Å². The highest BCUT2D eigenvalue weighted by atomic mass is 16.3. The van der Waals surface area contributed by atoms with Crippen LogP contribution in [0.15, 0.2) is 36.0 Å². The summed E-state index contributed by atoms with van der Waals surface area (Å²) >= 11 is 0. The van der Waals surface area contributed by atoms with E-state index in [-0.39, 0.29) is 11.5 Å². The van der Waals surface area contributed by atoms with Crippen LogP contribution < -0.4 is 0 Å². The largest absolute Gasteiger partial charge is 0.389 e. The van der Waals surface area contributed by atoms with Crippen LogP contribution in [0.2, 0.25) is 0 Å². The van der Waals surface area contributed by atoms with Crippen molar-refractivity contribution in [3.05, 3.63) is 36.0 Å². The predicted molar refractivity (Wildman–Crippen MR) is 70.3 cm³/mol. The second kappa shape index (κ2) is 5.49. The first-order valence-electron chi connectivity index (χ1n) is 6.10. The van der Waals surface area contributed by atoms with Crippen LogP contribution in [0.5, 0.6) is 0 Å². The van der Waals surface area contributed by atoms with Gasteiger partial charge in [0.1, 0.15) is 0 Å². The zero-order valence-corrected chi connectivity index (χ0v) is 10.8. The Balaban J connectivity index is 2.82. The topological polar surface area (TPSA) is 20.2 Å². The molecule has 0 aromatic carbocycles. The van der Waals surface area contributed by atoms with E-state index in [1.54, 1.807) is 0 Å². The molecule has 0 radical (unpaired) electrons. The Morgan fingerprint density at radius 3 is 2.81 bits per heavy atom. The van der Waals surface area contributed by atoms with Crippen LogP contribution in [0.1, 0.15) is 46.5 Å². The molecule has 1 atom stereocenters. The van der Waals surface area contributed by atoms with Crippen molar-refractivity contribution in [2.24, 2.45) is 5.41 Å². The second-order valence-electron chi connectivity index (χ2n) is 5.56. The van der Waals surface area contributed by atoms with Crippen LogP contribution >= 0.6 is 0 Å². The van der Waals surface area contributed by atoms with Crippen molar-refractivity contribution in [3.63, 3.8) is 0 Å². The minimum Gasteiger partial charge on any atom is -0.389 e. The molecule has 1 N–H and O–H groups in total. The second-order valence-corrected chi connectivity index (χ2v) is 5.56. The summed E-state index contributed by atoms with van der Waals surface area (Å²) in [6.45, 7) is 10.5. The van der Waals surface area contributed by atoms with Crippen molar-refractivity contribution in [2.45, 2.75) is 52.6 Å². The van der Waals surface area contributed by atoms with Gasteiger partial charge in [-0.2, -0.15) is 0 Å². The summed E-state index contributed by atoms with van der Waals surface area (Å²) in [7, 11) is 0. The van der Waals surface area contributed by atoms with Crippen molar-refractivity contribution >= 4 is 0 Å². The van der Waals surface area contributed by atoms with Gasteiger partial charge in [-0.25, -0.2) is 0 Å². The third-order valence-corrected chi connectivity index (χ3v) is 3.16. The lowest BCUT2D eigenvalue weighted by Gasteiger charge is -2.24. The molecule has 1 nitrogen and oxygen atoms in total. The van der Waals surface area contributed by atoms with Crippen molar-refractivity contribution < 1.29 is 5.11 Å². The Bertz CT molecular complexity index is 307. The molecule has 16 heavy (non-hydrogen) atoms. The highest BCUT2D eigenvalue weighted by Crippen LogP contribution is 2.28. The summed E-state index contributed by atoms with van der Waals surface area (Å²) in [5.41, 5.74) is 2.41. The van der Waals surface area contributed by atoms with E-state index in [0.717, 1.165) is 31.3 Å². The molecule has 0 aromatic rings. The highest BCUT2D eigenvalue weighted by Gasteiger charge is 2.20. The first kappa shape index (κ1) is 13.2. The van der Waals surface area contributed by atoms with Gasteiger partial charge in [0, 0.05) is 0 Å². The molecule has 90 valence electrons. The molecular weight excluding hydrogens is 196 g/mol. The zero-order chi connectivity index (χ0) is 12.2. The molecular formula is C15H24O. The third-order valence-electron chi connectivity index (χ3n) is 3.16. The Kier molecular flexibility index (Phi) is 4.55. The van der Waals surface area contributed by atoms with Crippen LogP contribution in [-0.2, 0) is 0 Å². The molecule has 1 aliphatic carbocycles. The molecule has 0 saturated carbocycles. The summed E-state index contributed by atoms with van der Waals surface area (Å²) in [6, 6.07) is 0. The molecule has 1 rings (SSSR count). The minimum absolute atomic E-state index is 0.0486. The summed E-state index contributed by atoms with van der Waals surface area (Å²) in [5.74, 6) is 0. The van der Waals surface area contributed by atoms with Gasteiger partial charge < -0.3 is 5.11 Å². The van der Waals surface area contributed by atoms with Gasteiger partial charge in [-0.3, -0.25) is 0 Å². The molecule has 0 spiro atoms.